The summed E-state index contributed by atoms with van der Waals surface area (Å²) in [5.41, 5.74) is 9.66. The fraction of sp³-hybridized carbons (Fsp3) is 0.538. The summed E-state index contributed by atoms with van der Waals surface area (Å²) in [6.45, 7) is 6.29. The first-order valence-corrected chi connectivity index (χ1v) is 5.48. The van der Waals surface area contributed by atoms with Crippen LogP contribution in [0.2, 0.25) is 0 Å². The number of halogens is 1. The average molecular weight is 244 g/mol. The zero-order chi connectivity index (χ0) is 11.4. The lowest BCUT2D eigenvalue weighted by Gasteiger charge is -2.15. The molecule has 92 valence electrons. The number of rotatable bonds is 4. The Bertz CT molecular complexity index is 339. The van der Waals surface area contributed by atoms with E-state index in [9.17, 15) is 0 Å². The maximum atomic E-state index is 5.97. The van der Waals surface area contributed by atoms with Crippen molar-refractivity contribution in [3.05, 3.63) is 28.8 Å². The van der Waals surface area contributed by atoms with Gasteiger partial charge in [0.1, 0.15) is 5.75 Å². The fourth-order valence-corrected chi connectivity index (χ4v) is 1.91. The van der Waals surface area contributed by atoms with E-state index in [2.05, 4.69) is 32.9 Å². The predicted molar refractivity (Wildman–Crippen MR) is 71.7 cm³/mol. The van der Waals surface area contributed by atoms with Gasteiger partial charge in [-0.3, -0.25) is 0 Å². The number of methoxy groups -OCH3 is 1. The van der Waals surface area contributed by atoms with Crippen molar-refractivity contribution in [3.63, 3.8) is 0 Å². The molecule has 0 aromatic heterocycles. The van der Waals surface area contributed by atoms with Crippen LogP contribution in [-0.4, -0.2) is 13.2 Å². The van der Waals surface area contributed by atoms with E-state index in [-0.39, 0.29) is 18.4 Å². The molecule has 0 aliphatic carbocycles. The minimum Gasteiger partial charge on any atom is -0.496 e. The van der Waals surface area contributed by atoms with Gasteiger partial charge < -0.3 is 10.5 Å². The fourth-order valence-electron chi connectivity index (χ4n) is 1.91. The van der Waals surface area contributed by atoms with Crippen molar-refractivity contribution in [3.8, 4) is 5.75 Å². The second kappa shape index (κ2) is 6.77. The average Bonchev–Trinajstić information content (AvgIpc) is 2.17. The zero-order valence-electron chi connectivity index (χ0n) is 10.5. The molecule has 1 unspecified atom stereocenters. The van der Waals surface area contributed by atoms with Gasteiger partial charge >= 0.3 is 0 Å². The number of hydrogen-bond acceptors (Lipinski definition) is 2. The Morgan fingerprint density at radius 3 is 2.44 bits per heavy atom. The lowest BCUT2D eigenvalue weighted by atomic mass is 9.99. The van der Waals surface area contributed by atoms with Crippen LogP contribution in [0.25, 0.3) is 0 Å². The molecule has 0 bridgehead atoms. The molecule has 0 saturated carbocycles. The van der Waals surface area contributed by atoms with E-state index >= 15 is 0 Å². The molecular formula is C13H22ClNO. The van der Waals surface area contributed by atoms with Crippen LogP contribution >= 0.6 is 12.4 Å². The first kappa shape index (κ1) is 15.3. The van der Waals surface area contributed by atoms with Crippen molar-refractivity contribution in [2.45, 2.75) is 39.7 Å². The Morgan fingerprint density at radius 2 is 1.94 bits per heavy atom. The van der Waals surface area contributed by atoms with Crippen LogP contribution in [0.4, 0.5) is 0 Å². The molecule has 16 heavy (non-hydrogen) atoms. The number of ether oxygens (including phenoxy) is 1. The van der Waals surface area contributed by atoms with Crippen LogP contribution in [0.5, 0.6) is 5.75 Å². The van der Waals surface area contributed by atoms with E-state index in [4.69, 9.17) is 10.5 Å². The van der Waals surface area contributed by atoms with Crippen molar-refractivity contribution in [1.29, 1.82) is 0 Å². The molecule has 0 amide bonds. The minimum atomic E-state index is 0. The summed E-state index contributed by atoms with van der Waals surface area (Å²) in [7, 11) is 1.72. The van der Waals surface area contributed by atoms with Crippen LogP contribution in [-0.2, 0) is 6.42 Å². The van der Waals surface area contributed by atoms with Gasteiger partial charge in [-0.2, -0.15) is 0 Å². The Labute approximate surface area is 105 Å². The molecule has 3 heteroatoms. The SMILES string of the molecule is CCC(N)Cc1cc(C)cc(C)c1OC.Cl. The maximum absolute atomic E-state index is 5.97. The molecule has 1 atom stereocenters. The normalized spacial score (nSPS) is 11.8. The van der Waals surface area contributed by atoms with Gasteiger partial charge in [-0.05, 0) is 37.8 Å². The second-order valence-corrected chi connectivity index (χ2v) is 4.15. The van der Waals surface area contributed by atoms with Gasteiger partial charge in [0.15, 0.2) is 0 Å². The number of hydrogen-bond donors (Lipinski definition) is 1. The van der Waals surface area contributed by atoms with E-state index in [1.807, 2.05) is 0 Å². The first-order valence-electron chi connectivity index (χ1n) is 5.48. The van der Waals surface area contributed by atoms with Gasteiger partial charge in [-0.25, -0.2) is 0 Å². The van der Waals surface area contributed by atoms with E-state index in [1.165, 1.54) is 16.7 Å². The molecule has 2 N–H and O–H groups in total. The highest BCUT2D eigenvalue weighted by Crippen LogP contribution is 2.26. The van der Waals surface area contributed by atoms with Gasteiger partial charge in [-0.1, -0.05) is 24.6 Å². The molecule has 0 spiro atoms. The third-order valence-corrected chi connectivity index (χ3v) is 2.71. The van der Waals surface area contributed by atoms with Crippen LogP contribution in [0.3, 0.4) is 0 Å². The minimum absolute atomic E-state index is 0. The lowest BCUT2D eigenvalue weighted by molar-refractivity contribution is 0.404. The molecule has 0 aliphatic rings. The van der Waals surface area contributed by atoms with Crippen molar-refractivity contribution in [2.24, 2.45) is 5.73 Å². The Morgan fingerprint density at radius 1 is 1.31 bits per heavy atom. The topological polar surface area (TPSA) is 35.2 Å². The molecule has 0 aliphatic heterocycles. The molecular weight excluding hydrogens is 222 g/mol. The lowest BCUT2D eigenvalue weighted by Crippen LogP contribution is -2.21. The standard InChI is InChI=1S/C13H21NO.ClH/c1-5-12(14)8-11-7-9(2)6-10(3)13(11)15-4;/h6-7,12H,5,8,14H2,1-4H3;1H. The summed E-state index contributed by atoms with van der Waals surface area (Å²) in [4.78, 5) is 0. The zero-order valence-corrected chi connectivity index (χ0v) is 11.4. The largest absolute Gasteiger partial charge is 0.496 e. The first-order chi connectivity index (χ1) is 7.08. The summed E-state index contributed by atoms with van der Waals surface area (Å²) in [6, 6.07) is 4.53. The van der Waals surface area contributed by atoms with Gasteiger partial charge in [0.25, 0.3) is 0 Å². The summed E-state index contributed by atoms with van der Waals surface area (Å²) >= 11 is 0. The van der Waals surface area contributed by atoms with Gasteiger partial charge in [0.2, 0.25) is 0 Å². The summed E-state index contributed by atoms with van der Waals surface area (Å²) in [6.07, 6.45) is 1.89. The Kier molecular flexibility index (Phi) is 6.46. The third kappa shape index (κ3) is 3.69. The van der Waals surface area contributed by atoms with Crippen LogP contribution in [0.15, 0.2) is 12.1 Å². The summed E-state index contributed by atoms with van der Waals surface area (Å²) in [5, 5.41) is 0. The molecule has 1 aromatic rings. The highest BCUT2D eigenvalue weighted by Gasteiger charge is 2.10. The third-order valence-electron chi connectivity index (χ3n) is 2.71. The van der Waals surface area contributed by atoms with E-state index in [0.29, 0.717) is 0 Å². The van der Waals surface area contributed by atoms with Crippen LogP contribution in [0, 0.1) is 13.8 Å². The van der Waals surface area contributed by atoms with E-state index in [1.54, 1.807) is 7.11 Å². The van der Waals surface area contributed by atoms with E-state index < -0.39 is 0 Å². The molecule has 0 saturated heterocycles. The van der Waals surface area contributed by atoms with E-state index in [0.717, 1.165) is 18.6 Å². The molecule has 0 radical (unpaired) electrons. The van der Waals surface area contributed by atoms with Crippen molar-refractivity contribution in [1.82, 2.24) is 0 Å². The van der Waals surface area contributed by atoms with Crippen molar-refractivity contribution >= 4 is 12.4 Å². The molecule has 2 nitrogen and oxygen atoms in total. The summed E-state index contributed by atoms with van der Waals surface area (Å²) in [5.74, 6) is 0.990. The Hall–Kier alpha value is -0.730. The second-order valence-electron chi connectivity index (χ2n) is 4.15. The molecule has 0 fully saturated rings. The Balaban J connectivity index is 0.00000225. The number of benzene rings is 1. The highest BCUT2D eigenvalue weighted by molar-refractivity contribution is 5.85. The van der Waals surface area contributed by atoms with Gasteiger partial charge in [-0.15, -0.1) is 12.4 Å². The molecule has 0 heterocycles. The summed E-state index contributed by atoms with van der Waals surface area (Å²) < 4.78 is 5.42. The quantitative estimate of drug-likeness (QED) is 0.883. The molecule has 1 rings (SSSR count). The number of aryl methyl sites for hydroxylation is 2. The maximum Gasteiger partial charge on any atom is 0.125 e. The predicted octanol–water partition coefficient (Wildman–Crippen LogP) is 3.01. The van der Waals surface area contributed by atoms with Crippen LogP contribution in [0.1, 0.15) is 30.0 Å². The van der Waals surface area contributed by atoms with Gasteiger partial charge in [0, 0.05) is 6.04 Å². The monoisotopic (exact) mass is 243 g/mol. The van der Waals surface area contributed by atoms with Crippen molar-refractivity contribution < 1.29 is 4.74 Å². The smallest absolute Gasteiger partial charge is 0.125 e. The number of nitrogens with two attached hydrogens (primary N) is 1. The highest BCUT2D eigenvalue weighted by atomic mass is 35.5. The van der Waals surface area contributed by atoms with Gasteiger partial charge in [0.05, 0.1) is 7.11 Å². The van der Waals surface area contributed by atoms with Crippen LogP contribution < -0.4 is 10.5 Å². The molecule has 1 aromatic carbocycles. The van der Waals surface area contributed by atoms with Crippen molar-refractivity contribution in [2.75, 3.05) is 7.11 Å².